The van der Waals surface area contributed by atoms with Crippen LogP contribution in [0, 0.1) is 11.7 Å². The zero-order valence-corrected chi connectivity index (χ0v) is 9.33. The van der Waals surface area contributed by atoms with Crippen molar-refractivity contribution >= 4 is 0 Å². The van der Waals surface area contributed by atoms with E-state index in [2.05, 4.69) is 13.8 Å². The highest BCUT2D eigenvalue weighted by Crippen LogP contribution is 2.37. The Morgan fingerprint density at radius 1 is 1.40 bits per heavy atom. The average Bonchev–Trinajstić information content (AvgIpc) is 2.61. The van der Waals surface area contributed by atoms with Crippen LogP contribution >= 0.6 is 0 Å². The van der Waals surface area contributed by atoms with Crippen LogP contribution in [0.3, 0.4) is 0 Å². The number of hydrogen-bond donors (Lipinski definition) is 1. The topological polar surface area (TPSA) is 26.0 Å². The highest BCUT2D eigenvalue weighted by molar-refractivity contribution is 5.37. The molecule has 0 spiro atoms. The second kappa shape index (κ2) is 3.93. The third kappa shape index (κ3) is 1.78. The fourth-order valence-corrected chi connectivity index (χ4v) is 2.51. The fourth-order valence-electron chi connectivity index (χ4n) is 2.51. The number of fused-ring (bicyclic) bond motifs is 1. The molecule has 0 aliphatic heterocycles. The molecule has 0 fully saturated rings. The van der Waals surface area contributed by atoms with E-state index in [1.54, 1.807) is 12.1 Å². The molecule has 15 heavy (non-hydrogen) atoms. The highest BCUT2D eigenvalue weighted by Gasteiger charge is 2.30. The summed E-state index contributed by atoms with van der Waals surface area (Å²) < 4.78 is 13.5. The van der Waals surface area contributed by atoms with Crippen molar-refractivity contribution in [2.24, 2.45) is 11.7 Å². The average molecular weight is 207 g/mol. The van der Waals surface area contributed by atoms with Gasteiger partial charge in [0.1, 0.15) is 5.82 Å². The summed E-state index contributed by atoms with van der Waals surface area (Å²) in [7, 11) is 0. The summed E-state index contributed by atoms with van der Waals surface area (Å²) in [5, 5.41) is 0. The lowest BCUT2D eigenvalue weighted by Gasteiger charge is -2.23. The predicted molar refractivity (Wildman–Crippen MR) is 60.3 cm³/mol. The van der Waals surface area contributed by atoms with Gasteiger partial charge >= 0.3 is 0 Å². The summed E-state index contributed by atoms with van der Waals surface area (Å²) >= 11 is 0. The van der Waals surface area contributed by atoms with E-state index >= 15 is 0 Å². The number of benzene rings is 1. The number of rotatable bonds is 2. The molecule has 1 aromatic rings. The van der Waals surface area contributed by atoms with Gasteiger partial charge in [0.25, 0.3) is 0 Å². The Morgan fingerprint density at radius 3 is 2.80 bits per heavy atom. The van der Waals surface area contributed by atoms with Gasteiger partial charge in [-0.3, -0.25) is 0 Å². The number of halogens is 1. The molecule has 2 atom stereocenters. The fraction of sp³-hybridized carbons (Fsp3) is 0.538. The molecule has 0 bridgehead atoms. The molecule has 0 heterocycles. The Labute approximate surface area is 90.5 Å². The lowest BCUT2D eigenvalue weighted by molar-refractivity contribution is 0.414. The van der Waals surface area contributed by atoms with E-state index in [0.717, 1.165) is 24.0 Å². The van der Waals surface area contributed by atoms with Gasteiger partial charge in [-0.2, -0.15) is 0 Å². The maximum Gasteiger partial charge on any atom is 0.126 e. The lowest BCUT2D eigenvalue weighted by atomic mass is 9.87. The molecule has 2 heteroatoms. The van der Waals surface area contributed by atoms with Crippen molar-refractivity contribution in [3.8, 4) is 0 Å². The maximum atomic E-state index is 13.5. The highest BCUT2D eigenvalue weighted by atomic mass is 19.1. The molecule has 0 radical (unpaired) electrons. The van der Waals surface area contributed by atoms with Crippen LogP contribution in [0.4, 0.5) is 4.39 Å². The van der Waals surface area contributed by atoms with Crippen LogP contribution in [0.25, 0.3) is 0 Å². The molecule has 1 aromatic carbocycles. The molecule has 2 unspecified atom stereocenters. The zero-order valence-electron chi connectivity index (χ0n) is 9.33. The van der Waals surface area contributed by atoms with Crippen molar-refractivity contribution in [3.05, 3.63) is 35.1 Å². The van der Waals surface area contributed by atoms with E-state index < -0.39 is 0 Å². The smallest absolute Gasteiger partial charge is 0.126 e. The Kier molecular flexibility index (Phi) is 2.79. The molecule has 1 nitrogen and oxygen atoms in total. The molecule has 0 saturated carbocycles. The molecule has 0 saturated heterocycles. The molecular weight excluding hydrogens is 189 g/mol. The number of nitrogens with two attached hydrogens (primary N) is 1. The first-order chi connectivity index (χ1) is 7.11. The third-order valence-electron chi connectivity index (χ3n) is 3.49. The number of hydrogen-bond acceptors (Lipinski definition) is 1. The quantitative estimate of drug-likeness (QED) is 0.793. The van der Waals surface area contributed by atoms with Crippen LogP contribution in [-0.4, -0.2) is 6.04 Å². The Bertz CT molecular complexity index is 360. The first kappa shape index (κ1) is 10.6. The van der Waals surface area contributed by atoms with E-state index in [1.165, 1.54) is 0 Å². The normalized spacial score (nSPS) is 21.8. The van der Waals surface area contributed by atoms with Gasteiger partial charge in [0.05, 0.1) is 0 Å². The first-order valence-corrected chi connectivity index (χ1v) is 5.64. The minimum Gasteiger partial charge on any atom is -0.327 e. The largest absolute Gasteiger partial charge is 0.327 e. The Balaban J connectivity index is 2.33. The summed E-state index contributed by atoms with van der Waals surface area (Å²) in [6, 6.07) is 5.51. The van der Waals surface area contributed by atoms with Crippen LogP contribution in [0.15, 0.2) is 18.2 Å². The minimum atomic E-state index is -0.0639. The Morgan fingerprint density at radius 2 is 2.13 bits per heavy atom. The molecule has 0 amide bonds. The molecule has 2 rings (SSSR count). The molecule has 2 N–H and O–H groups in total. The summed E-state index contributed by atoms with van der Waals surface area (Å²) in [5.74, 6) is 0.728. The van der Waals surface area contributed by atoms with E-state index in [-0.39, 0.29) is 11.9 Å². The minimum absolute atomic E-state index is 0.0639. The van der Waals surface area contributed by atoms with E-state index in [0.29, 0.717) is 11.8 Å². The monoisotopic (exact) mass is 207 g/mol. The van der Waals surface area contributed by atoms with Crippen LogP contribution in [0.2, 0.25) is 0 Å². The standard InChI is InChI=1S/C13H18FN/c1-8(2)13(15)11-7-6-10-9(11)4-3-5-12(10)14/h3-5,8,11,13H,6-7,15H2,1-2H3. The van der Waals surface area contributed by atoms with Crippen molar-refractivity contribution in [1.29, 1.82) is 0 Å². The van der Waals surface area contributed by atoms with Gasteiger partial charge in [0.15, 0.2) is 0 Å². The predicted octanol–water partition coefficient (Wildman–Crippen LogP) is 2.84. The van der Waals surface area contributed by atoms with Crippen molar-refractivity contribution in [2.45, 2.75) is 38.6 Å². The van der Waals surface area contributed by atoms with Crippen LogP contribution < -0.4 is 5.73 Å². The van der Waals surface area contributed by atoms with E-state index in [4.69, 9.17) is 5.73 Å². The second-order valence-corrected chi connectivity index (χ2v) is 4.77. The van der Waals surface area contributed by atoms with Gasteiger partial charge < -0.3 is 5.73 Å². The van der Waals surface area contributed by atoms with Gasteiger partial charge in [-0.05, 0) is 41.9 Å². The summed E-state index contributed by atoms with van der Waals surface area (Å²) in [5.41, 5.74) is 8.19. The van der Waals surface area contributed by atoms with Crippen LogP contribution in [0.5, 0.6) is 0 Å². The van der Waals surface area contributed by atoms with Crippen molar-refractivity contribution in [1.82, 2.24) is 0 Å². The molecule has 0 aromatic heterocycles. The zero-order chi connectivity index (χ0) is 11.0. The summed E-state index contributed by atoms with van der Waals surface area (Å²) in [4.78, 5) is 0. The molecule has 1 aliphatic carbocycles. The Hall–Kier alpha value is -0.890. The van der Waals surface area contributed by atoms with E-state index in [9.17, 15) is 4.39 Å². The lowest BCUT2D eigenvalue weighted by Crippen LogP contribution is -2.32. The van der Waals surface area contributed by atoms with Crippen molar-refractivity contribution < 1.29 is 4.39 Å². The summed E-state index contributed by atoms with van der Waals surface area (Å²) in [6.45, 7) is 4.25. The van der Waals surface area contributed by atoms with Gasteiger partial charge in [0.2, 0.25) is 0 Å². The third-order valence-corrected chi connectivity index (χ3v) is 3.49. The SMILES string of the molecule is CC(C)C(N)C1CCc2c(F)cccc21. The van der Waals surface area contributed by atoms with Gasteiger partial charge in [-0.1, -0.05) is 26.0 Å². The summed E-state index contributed by atoms with van der Waals surface area (Å²) in [6.07, 6.45) is 1.84. The molecule has 82 valence electrons. The maximum absolute atomic E-state index is 13.5. The van der Waals surface area contributed by atoms with Gasteiger partial charge in [-0.15, -0.1) is 0 Å². The van der Waals surface area contributed by atoms with Gasteiger partial charge in [-0.25, -0.2) is 4.39 Å². The molecular formula is C13H18FN. The van der Waals surface area contributed by atoms with Crippen molar-refractivity contribution in [2.75, 3.05) is 0 Å². The van der Waals surface area contributed by atoms with Crippen LogP contribution in [0.1, 0.15) is 37.3 Å². The van der Waals surface area contributed by atoms with Crippen molar-refractivity contribution in [3.63, 3.8) is 0 Å². The molecule has 1 aliphatic rings. The van der Waals surface area contributed by atoms with Gasteiger partial charge in [0, 0.05) is 6.04 Å². The second-order valence-electron chi connectivity index (χ2n) is 4.77. The van der Waals surface area contributed by atoms with Crippen LogP contribution in [-0.2, 0) is 6.42 Å². The van der Waals surface area contributed by atoms with E-state index in [1.807, 2.05) is 6.07 Å². The first-order valence-electron chi connectivity index (χ1n) is 5.64.